The molecule has 1 fully saturated rings. The zero-order chi connectivity index (χ0) is 13.2. The molecule has 0 bridgehead atoms. The van der Waals surface area contributed by atoms with Gasteiger partial charge in [0.1, 0.15) is 17.7 Å². The number of aryl methyl sites for hydroxylation is 1. The summed E-state index contributed by atoms with van der Waals surface area (Å²) in [7, 11) is 2.14. The van der Waals surface area contributed by atoms with Gasteiger partial charge in [-0.2, -0.15) is 0 Å². The van der Waals surface area contributed by atoms with E-state index in [0.717, 1.165) is 24.5 Å². The minimum absolute atomic E-state index is 0.197. The Bertz CT molecular complexity index is 535. The van der Waals surface area contributed by atoms with Crippen molar-refractivity contribution in [1.29, 1.82) is 0 Å². The normalized spacial score (nSPS) is 23.9. The van der Waals surface area contributed by atoms with Gasteiger partial charge >= 0.3 is 0 Å². The van der Waals surface area contributed by atoms with Gasteiger partial charge in [-0.25, -0.2) is 0 Å². The van der Waals surface area contributed by atoms with Crippen molar-refractivity contribution in [2.45, 2.75) is 25.6 Å². The monoisotopic (exact) mass is 256 g/mol. The second-order valence-electron chi connectivity index (χ2n) is 5.34. The molecule has 2 atom stereocenters. The van der Waals surface area contributed by atoms with Crippen LogP contribution < -0.4 is 5.32 Å². The van der Waals surface area contributed by atoms with Gasteiger partial charge in [0.15, 0.2) is 0 Å². The molecule has 0 saturated carbocycles. The lowest BCUT2D eigenvalue weighted by Gasteiger charge is -2.16. The van der Waals surface area contributed by atoms with Gasteiger partial charge in [-0.3, -0.25) is 10.2 Å². The number of rotatable bonds is 3. The Hall–Kier alpha value is -1.58. The Morgan fingerprint density at radius 3 is 2.68 bits per heavy atom. The van der Waals surface area contributed by atoms with Gasteiger partial charge in [-0.05, 0) is 38.1 Å². The van der Waals surface area contributed by atoms with Gasteiger partial charge in [0, 0.05) is 12.6 Å². The maximum Gasteiger partial charge on any atom is 0.135 e. The van der Waals surface area contributed by atoms with Crippen LogP contribution >= 0.6 is 0 Å². The minimum Gasteiger partial charge on any atom is -0.463 e. The van der Waals surface area contributed by atoms with Crippen molar-refractivity contribution < 1.29 is 4.42 Å². The van der Waals surface area contributed by atoms with E-state index in [9.17, 15) is 0 Å². The van der Waals surface area contributed by atoms with E-state index < -0.39 is 0 Å². The minimum atomic E-state index is 0.197. The first kappa shape index (κ1) is 12.5. The maximum atomic E-state index is 5.73. The lowest BCUT2D eigenvalue weighted by molar-refractivity contribution is 0.256. The molecule has 1 aliphatic rings. The number of furan rings is 1. The van der Waals surface area contributed by atoms with Crippen molar-refractivity contribution in [3.8, 4) is 0 Å². The van der Waals surface area contributed by atoms with Crippen molar-refractivity contribution in [1.82, 2.24) is 10.2 Å². The smallest absolute Gasteiger partial charge is 0.135 e. The summed E-state index contributed by atoms with van der Waals surface area (Å²) < 4.78 is 5.73. The van der Waals surface area contributed by atoms with Crippen molar-refractivity contribution in [3.05, 3.63) is 59.5 Å². The molecule has 0 aliphatic carbocycles. The predicted molar refractivity (Wildman–Crippen MR) is 75.9 cm³/mol. The molecule has 3 rings (SSSR count). The van der Waals surface area contributed by atoms with Crippen molar-refractivity contribution in [2.75, 3.05) is 13.6 Å². The maximum absolute atomic E-state index is 5.73. The highest BCUT2D eigenvalue weighted by Gasteiger charge is 2.31. The molecule has 19 heavy (non-hydrogen) atoms. The molecule has 2 heterocycles. The van der Waals surface area contributed by atoms with E-state index in [1.807, 2.05) is 13.0 Å². The zero-order valence-electron chi connectivity index (χ0n) is 11.5. The molecule has 1 aliphatic heterocycles. The summed E-state index contributed by atoms with van der Waals surface area (Å²) in [4.78, 5) is 2.31. The van der Waals surface area contributed by atoms with Crippen LogP contribution in [0.5, 0.6) is 0 Å². The van der Waals surface area contributed by atoms with Crippen molar-refractivity contribution in [2.24, 2.45) is 0 Å². The molecular weight excluding hydrogens is 236 g/mol. The summed E-state index contributed by atoms with van der Waals surface area (Å²) in [5.74, 6) is 1.98. The van der Waals surface area contributed by atoms with Gasteiger partial charge in [-0.15, -0.1) is 0 Å². The Morgan fingerprint density at radius 2 is 2.00 bits per heavy atom. The van der Waals surface area contributed by atoms with Crippen LogP contribution in [0.2, 0.25) is 0 Å². The molecule has 2 aromatic rings. The van der Waals surface area contributed by atoms with E-state index in [0.29, 0.717) is 6.04 Å². The molecule has 3 heteroatoms. The summed E-state index contributed by atoms with van der Waals surface area (Å²) in [5, 5.41) is 3.65. The Morgan fingerprint density at radius 1 is 1.21 bits per heavy atom. The number of nitrogens with one attached hydrogen (secondary N) is 1. The van der Waals surface area contributed by atoms with Crippen LogP contribution in [0.15, 0.2) is 46.9 Å². The second kappa shape index (κ2) is 5.19. The molecule has 0 spiro atoms. The van der Waals surface area contributed by atoms with Gasteiger partial charge in [-0.1, -0.05) is 30.3 Å². The third kappa shape index (κ3) is 2.72. The number of hydrogen-bond acceptors (Lipinski definition) is 3. The van der Waals surface area contributed by atoms with Crippen LogP contribution in [-0.2, 0) is 6.42 Å². The van der Waals surface area contributed by atoms with E-state index in [1.165, 1.54) is 5.56 Å². The number of likely N-dealkylation sites (N-methyl/N-ethyl adjacent to an activating group) is 1. The fourth-order valence-electron chi connectivity index (χ4n) is 2.78. The standard InChI is InChI=1S/C16H20N2O/c1-12-8-9-15(19-12)16-17-14(11-18(16)2)10-13-6-4-3-5-7-13/h3-9,14,16-17H,10-11H2,1-2H3/t14-,16-/m0/s1. The van der Waals surface area contributed by atoms with E-state index in [1.54, 1.807) is 0 Å². The third-order valence-electron chi connectivity index (χ3n) is 3.70. The van der Waals surface area contributed by atoms with Crippen LogP contribution in [0.1, 0.15) is 23.2 Å². The summed E-state index contributed by atoms with van der Waals surface area (Å²) >= 11 is 0. The highest BCUT2D eigenvalue weighted by atomic mass is 16.3. The quantitative estimate of drug-likeness (QED) is 0.915. The highest BCUT2D eigenvalue weighted by molar-refractivity contribution is 5.18. The van der Waals surface area contributed by atoms with Crippen LogP contribution in [0.3, 0.4) is 0 Å². The SMILES string of the molecule is Cc1ccc([C@H]2N[C@@H](Cc3ccccc3)CN2C)o1. The summed E-state index contributed by atoms with van der Waals surface area (Å²) in [5.41, 5.74) is 1.38. The van der Waals surface area contributed by atoms with Crippen molar-refractivity contribution in [3.63, 3.8) is 0 Å². The molecule has 1 aromatic heterocycles. The van der Waals surface area contributed by atoms with E-state index in [2.05, 4.69) is 53.7 Å². The number of benzene rings is 1. The van der Waals surface area contributed by atoms with Gasteiger partial charge < -0.3 is 4.42 Å². The average Bonchev–Trinajstić information content (AvgIpc) is 2.97. The third-order valence-corrected chi connectivity index (χ3v) is 3.70. The summed E-state index contributed by atoms with van der Waals surface area (Å²) in [6, 6.07) is 15.2. The van der Waals surface area contributed by atoms with Crippen LogP contribution in [-0.4, -0.2) is 24.5 Å². The molecule has 1 N–H and O–H groups in total. The Labute approximate surface area is 114 Å². The van der Waals surface area contributed by atoms with E-state index in [-0.39, 0.29) is 6.17 Å². The van der Waals surface area contributed by atoms with Gasteiger partial charge in [0.2, 0.25) is 0 Å². The fraction of sp³-hybridized carbons (Fsp3) is 0.375. The molecule has 0 unspecified atom stereocenters. The first-order chi connectivity index (χ1) is 9.22. The molecule has 1 aromatic carbocycles. The lowest BCUT2D eigenvalue weighted by Crippen LogP contribution is -2.28. The highest BCUT2D eigenvalue weighted by Crippen LogP contribution is 2.25. The van der Waals surface area contributed by atoms with Crippen LogP contribution in [0.25, 0.3) is 0 Å². The Kier molecular flexibility index (Phi) is 3.40. The van der Waals surface area contributed by atoms with E-state index >= 15 is 0 Å². The van der Waals surface area contributed by atoms with Crippen molar-refractivity contribution >= 4 is 0 Å². The average molecular weight is 256 g/mol. The first-order valence-corrected chi connectivity index (χ1v) is 6.79. The first-order valence-electron chi connectivity index (χ1n) is 6.79. The molecule has 0 amide bonds. The topological polar surface area (TPSA) is 28.4 Å². The predicted octanol–water partition coefficient (Wildman–Crippen LogP) is 2.73. The van der Waals surface area contributed by atoms with Gasteiger partial charge in [0.05, 0.1) is 0 Å². The molecule has 1 saturated heterocycles. The zero-order valence-corrected chi connectivity index (χ0v) is 11.5. The molecular formula is C16H20N2O. The number of hydrogen-bond donors (Lipinski definition) is 1. The largest absolute Gasteiger partial charge is 0.463 e. The molecule has 3 nitrogen and oxygen atoms in total. The van der Waals surface area contributed by atoms with Crippen LogP contribution in [0.4, 0.5) is 0 Å². The molecule has 100 valence electrons. The lowest BCUT2D eigenvalue weighted by atomic mass is 10.1. The van der Waals surface area contributed by atoms with Crippen LogP contribution in [0, 0.1) is 6.92 Å². The number of nitrogens with zero attached hydrogens (tertiary/aromatic N) is 1. The fourth-order valence-corrected chi connectivity index (χ4v) is 2.78. The summed E-state index contributed by atoms with van der Waals surface area (Å²) in [6.07, 6.45) is 1.25. The summed E-state index contributed by atoms with van der Waals surface area (Å²) in [6.45, 7) is 3.03. The molecule has 0 radical (unpaired) electrons. The van der Waals surface area contributed by atoms with Gasteiger partial charge in [0.25, 0.3) is 0 Å². The Balaban J connectivity index is 1.68. The van der Waals surface area contributed by atoms with E-state index in [4.69, 9.17) is 4.42 Å². The second-order valence-corrected chi connectivity index (χ2v) is 5.34.